The summed E-state index contributed by atoms with van der Waals surface area (Å²) in [6.45, 7) is 0. The highest BCUT2D eigenvalue weighted by Crippen LogP contribution is 2.11. The summed E-state index contributed by atoms with van der Waals surface area (Å²) in [5.74, 6) is 0.0647. The molecule has 88 valence electrons. The molecular weight excluding hydrogens is 222 g/mol. The van der Waals surface area contributed by atoms with Crippen LogP contribution in [0.3, 0.4) is 0 Å². The van der Waals surface area contributed by atoms with Crippen molar-refractivity contribution in [1.29, 1.82) is 0 Å². The maximum absolute atomic E-state index is 12.0. The lowest BCUT2D eigenvalue weighted by molar-refractivity contribution is -0.109. The Labute approximate surface area is 105 Å². The van der Waals surface area contributed by atoms with Crippen molar-refractivity contribution in [2.24, 2.45) is 7.05 Å². The molecule has 1 aromatic carbocycles. The first kappa shape index (κ1) is 10.8. The molecule has 0 radical (unpaired) electrons. The van der Waals surface area contributed by atoms with E-state index in [0.29, 0.717) is 0 Å². The van der Waals surface area contributed by atoms with Crippen LogP contribution in [0.2, 0.25) is 0 Å². The number of aryl methyl sites for hydroxylation is 1. The first-order valence-corrected chi connectivity index (χ1v) is 5.90. The summed E-state index contributed by atoms with van der Waals surface area (Å²) in [7, 11) is 1.97. The number of rotatable bonds is 1. The van der Waals surface area contributed by atoms with Gasteiger partial charge in [0.1, 0.15) is 0 Å². The van der Waals surface area contributed by atoms with E-state index in [0.717, 1.165) is 21.7 Å². The van der Waals surface area contributed by atoms with E-state index < -0.39 is 0 Å². The van der Waals surface area contributed by atoms with E-state index in [1.165, 1.54) is 0 Å². The molecule has 2 heteroatoms. The standard InChI is InChI=1S/C16H13NO/c1-17-8-4-7-15(17)10-14-9-12-5-2-3-6-13(12)11-16(14)18/h2-11H,1H3/b14-10-. The maximum atomic E-state index is 12.0. The number of carbonyl (C=O) groups excluding carboxylic acids is 1. The van der Waals surface area contributed by atoms with Crippen molar-refractivity contribution in [3.05, 3.63) is 64.3 Å². The molecule has 0 atom stereocenters. The number of Topliss-reactive ketones (excluding diaryl/α,β-unsaturated/α-hetero) is 1. The summed E-state index contributed by atoms with van der Waals surface area (Å²) in [6.07, 6.45) is 7.54. The van der Waals surface area contributed by atoms with Gasteiger partial charge in [-0.3, -0.25) is 4.79 Å². The Balaban J connectivity index is 2.17. The highest BCUT2D eigenvalue weighted by molar-refractivity contribution is 6.24. The molecule has 1 aliphatic rings. The zero-order valence-corrected chi connectivity index (χ0v) is 10.1. The number of ketones is 1. The summed E-state index contributed by atoms with van der Waals surface area (Å²) in [4.78, 5) is 12.0. The average molecular weight is 235 g/mol. The van der Waals surface area contributed by atoms with Gasteiger partial charge in [-0.1, -0.05) is 24.3 Å². The molecule has 1 aromatic heterocycles. The number of allylic oxidation sites excluding steroid dienone is 1. The summed E-state index contributed by atoms with van der Waals surface area (Å²) in [5.41, 5.74) is 1.76. The number of nitrogens with zero attached hydrogens (tertiary/aromatic N) is 1. The molecule has 2 nitrogen and oxygen atoms in total. The zero-order chi connectivity index (χ0) is 12.5. The van der Waals surface area contributed by atoms with Gasteiger partial charge < -0.3 is 4.57 Å². The number of carbonyl (C=O) groups is 1. The number of aromatic nitrogens is 1. The second-order valence-electron chi connectivity index (χ2n) is 4.43. The first-order chi connectivity index (χ1) is 8.74. The highest BCUT2D eigenvalue weighted by atomic mass is 16.1. The molecule has 18 heavy (non-hydrogen) atoms. The predicted octanol–water partition coefficient (Wildman–Crippen LogP) is 1.25. The fraction of sp³-hybridized carbons (Fsp3) is 0.0625. The smallest absolute Gasteiger partial charge is 0.186 e. The Bertz CT molecular complexity index is 762. The summed E-state index contributed by atoms with van der Waals surface area (Å²) >= 11 is 0. The number of fused-ring (bicyclic) bond motifs is 1. The van der Waals surface area contributed by atoms with Gasteiger partial charge in [0.05, 0.1) is 0 Å². The minimum Gasteiger partial charge on any atom is -0.351 e. The van der Waals surface area contributed by atoms with Gasteiger partial charge >= 0.3 is 0 Å². The van der Waals surface area contributed by atoms with Crippen LogP contribution in [0.25, 0.3) is 18.2 Å². The van der Waals surface area contributed by atoms with Crippen LogP contribution in [0.15, 0.2) is 48.2 Å². The molecule has 0 spiro atoms. The van der Waals surface area contributed by atoms with Gasteiger partial charge in [0, 0.05) is 24.5 Å². The molecule has 0 saturated carbocycles. The molecule has 2 aromatic rings. The third-order valence-corrected chi connectivity index (χ3v) is 3.17. The molecule has 3 rings (SSSR count). The molecule has 0 saturated heterocycles. The van der Waals surface area contributed by atoms with Crippen molar-refractivity contribution >= 4 is 24.0 Å². The lowest BCUT2D eigenvalue weighted by Crippen LogP contribution is -2.29. The number of hydrogen-bond acceptors (Lipinski definition) is 1. The van der Waals surface area contributed by atoms with Gasteiger partial charge in [-0.15, -0.1) is 0 Å². The largest absolute Gasteiger partial charge is 0.351 e. The third-order valence-electron chi connectivity index (χ3n) is 3.17. The van der Waals surface area contributed by atoms with Crippen LogP contribution in [-0.4, -0.2) is 10.4 Å². The van der Waals surface area contributed by atoms with Crippen LogP contribution in [0, 0.1) is 0 Å². The van der Waals surface area contributed by atoms with E-state index >= 15 is 0 Å². The van der Waals surface area contributed by atoms with Gasteiger partial charge in [-0.25, -0.2) is 0 Å². The van der Waals surface area contributed by atoms with Crippen LogP contribution in [-0.2, 0) is 11.8 Å². The monoisotopic (exact) mass is 235 g/mol. The maximum Gasteiger partial charge on any atom is 0.186 e. The van der Waals surface area contributed by atoms with Gasteiger partial charge in [0.25, 0.3) is 0 Å². The topological polar surface area (TPSA) is 22.0 Å². The quantitative estimate of drug-likeness (QED) is 0.682. The van der Waals surface area contributed by atoms with Gasteiger partial charge in [-0.2, -0.15) is 0 Å². The normalized spacial score (nSPS) is 16.1. The van der Waals surface area contributed by atoms with E-state index in [4.69, 9.17) is 0 Å². The van der Waals surface area contributed by atoms with Crippen molar-refractivity contribution < 1.29 is 4.79 Å². The van der Waals surface area contributed by atoms with Crippen molar-refractivity contribution in [1.82, 2.24) is 4.57 Å². The van der Waals surface area contributed by atoms with Crippen LogP contribution in [0.4, 0.5) is 0 Å². The SMILES string of the molecule is Cn1cccc1/C=C1/C=c2ccccc2=CC1=O. The van der Waals surface area contributed by atoms with E-state index in [-0.39, 0.29) is 5.78 Å². The van der Waals surface area contributed by atoms with E-state index in [2.05, 4.69) is 0 Å². The predicted molar refractivity (Wildman–Crippen MR) is 73.0 cm³/mol. The molecule has 0 N–H and O–H groups in total. The lowest BCUT2D eigenvalue weighted by Gasteiger charge is -2.04. The Morgan fingerprint density at radius 1 is 1.00 bits per heavy atom. The minimum absolute atomic E-state index is 0.0647. The van der Waals surface area contributed by atoms with Crippen molar-refractivity contribution in [2.45, 2.75) is 0 Å². The number of hydrogen-bond donors (Lipinski definition) is 0. The second-order valence-corrected chi connectivity index (χ2v) is 4.43. The number of benzene rings is 1. The Morgan fingerprint density at radius 2 is 1.72 bits per heavy atom. The Kier molecular flexibility index (Phi) is 2.49. The Hall–Kier alpha value is -2.35. The van der Waals surface area contributed by atoms with Crippen LogP contribution >= 0.6 is 0 Å². The minimum atomic E-state index is 0.0647. The van der Waals surface area contributed by atoms with Gasteiger partial charge in [-0.05, 0) is 40.8 Å². The second kappa shape index (κ2) is 4.15. The molecular formula is C16H13NO. The average Bonchev–Trinajstić information content (AvgIpc) is 2.76. The summed E-state index contributed by atoms with van der Waals surface area (Å²) in [6, 6.07) is 11.9. The fourth-order valence-electron chi connectivity index (χ4n) is 2.13. The molecule has 1 heterocycles. The fourth-order valence-corrected chi connectivity index (χ4v) is 2.13. The van der Waals surface area contributed by atoms with Gasteiger partial charge in [0.2, 0.25) is 0 Å². The first-order valence-electron chi connectivity index (χ1n) is 5.90. The van der Waals surface area contributed by atoms with Gasteiger partial charge in [0.15, 0.2) is 5.78 Å². The molecule has 1 aliphatic carbocycles. The molecule has 0 aliphatic heterocycles. The molecule has 0 unspecified atom stereocenters. The van der Waals surface area contributed by atoms with Crippen LogP contribution < -0.4 is 10.4 Å². The highest BCUT2D eigenvalue weighted by Gasteiger charge is 2.08. The molecule has 0 bridgehead atoms. The molecule has 0 amide bonds. The van der Waals surface area contributed by atoms with Crippen LogP contribution in [0.5, 0.6) is 0 Å². The van der Waals surface area contributed by atoms with Crippen molar-refractivity contribution in [3.63, 3.8) is 0 Å². The zero-order valence-electron chi connectivity index (χ0n) is 10.1. The third kappa shape index (κ3) is 1.82. The van der Waals surface area contributed by atoms with E-state index in [9.17, 15) is 4.79 Å². The van der Waals surface area contributed by atoms with E-state index in [1.54, 1.807) is 6.08 Å². The Morgan fingerprint density at radius 3 is 2.39 bits per heavy atom. The summed E-state index contributed by atoms with van der Waals surface area (Å²) in [5, 5.41) is 2.09. The lowest BCUT2D eigenvalue weighted by atomic mass is 10.0. The summed E-state index contributed by atoms with van der Waals surface area (Å²) < 4.78 is 1.99. The van der Waals surface area contributed by atoms with Crippen molar-refractivity contribution in [3.8, 4) is 0 Å². The molecule has 0 fully saturated rings. The van der Waals surface area contributed by atoms with E-state index in [1.807, 2.05) is 66.4 Å². The van der Waals surface area contributed by atoms with Crippen LogP contribution in [0.1, 0.15) is 5.69 Å². The van der Waals surface area contributed by atoms with Crippen molar-refractivity contribution in [2.75, 3.05) is 0 Å².